The number of nitrogens with zero attached hydrogens (tertiary/aromatic N) is 1. The van der Waals surface area contributed by atoms with Gasteiger partial charge in [-0.05, 0) is 32.3 Å². The number of hydrogen-bond donors (Lipinski definition) is 0. The highest BCUT2D eigenvalue weighted by Gasteiger charge is 2.31. The highest BCUT2D eigenvalue weighted by atomic mass is 32.2. The second kappa shape index (κ2) is 7.34. The fourth-order valence-electron chi connectivity index (χ4n) is 2.62. The van der Waals surface area contributed by atoms with Crippen molar-refractivity contribution in [3.63, 3.8) is 0 Å². The Hall–Kier alpha value is -1.56. The zero-order chi connectivity index (χ0) is 17.0. The first-order valence-corrected chi connectivity index (χ1v) is 9.91. The zero-order valence-corrected chi connectivity index (χ0v) is 14.8. The molecule has 128 valence electrons. The van der Waals surface area contributed by atoms with E-state index in [9.17, 15) is 13.2 Å². The Morgan fingerprint density at radius 3 is 2.52 bits per heavy atom. The molecule has 1 unspecified atom stereocenters. The Labute approximate surface area is 138 Å². The summed E-state index contributed by atoms with van der Waals surface area (Å²) < 4.78 is 27.9. The fraction of sp³-hybridized carbons (Fsp3) is 0.588. The summed E-state index contributed by atoms with van der Waals surface area (Å²) in [5, 5.41) is 0. The van der Waals surface area contributed by atoms with Crippen LogP contribution in [0.4, 0.5) is 0 Å². The molecule has 0 spiro atoms. The molecule has 1 aromatic rings. The number of para-hydroxylation sites is 1. The number of benzene rings is 1. The summed E-state index contributed by atoms with van der Waals surface area (Å²) in [6, 6.07) is 7.09. The molecule has 0 heterocycles. The lowest BCUT2D eigenvalue weighted by molar-refractivity contribution is -0.141. The van der Waals surface area contributed by atoms with Crippen LogP contribution < -0.4 is 4.18 Å². The number of carbonyl (C=O) groups is 1. The summed E-state index contributed by atoms with van der Waals surface area (Å²) in [7, 11) is -3.59. The van der Waals surface area contributed by atoms with E-state index in [1.165, 1.54) is 0 Å². The monoisotopic (exact) mass is 339 g/mol. The van der Waals surface area contributed by atoms with Crippen molar-refractivity contribution >= 4 is 16.0 Å². The molecule has 0 aliphatic heterocycles. The number of rotatable bonds is 7. The van der Waals surface area contributed by atoms with Crippen LogP contribution in [0.5, 0.6) is 5.75 Å². The molecule has 6 heteroatoms. The maximum Gasteiger partial charge on any atom is 0.306 e. The van der Waals surface area contributed by atoms with Crippen molar-refractivity contribution in [3.05, 3.63) is 29.8 Å². The van der Waals surface area contributed by atoms with Gasteiger partial charge in [-0.25, -0.2) is 0 Å². The molecule has 1 atom stereocenters. The third-order valence-electron chi connectivity index (χ3n) is 4.41. The lowest BCUT2D eigenvalue weighted by atomic mass is 9.84. The van der Waals surface area contributed by atoms with Gasteiger partial charge in [-0.3, -0.25) is 4.79 Å². The molecule has 0 aromatic heterocycles. The van der Waals surface area contributed by atoms with Gasteiger partial charge >= 0.3 is 10.1 Å². The molecule has 1 amide bonds. The molecule has 5 nitrogen and oxygen atoms in total. The standard InChI is InChI=1S/C17H25NO4S/c1-4-13(2)18(17(19)14-9-7-10-14)12-15-8-5-6-11-16(15)22-23(3,20)21/h5-6,8,11,13-14H,4,7,9-10,12H2,1-3H3. The van der Waals surface area contributed by atoms with Gasteiger partial charge in [0.15, 0.2) is 0 Å². The van der Waals surface area contributed by atoms with Crippen LogP contribution in [0.3, 0.4) is 0 Å². The van der Waals surface area contributed by atoms with Gasteiger partial charge in [-0.2, -0.15) is 8.42 Å². The fourth-order valence-corrected chi connectivity index (χ4v) is 3.11. The van der Waals surface area contributed by atoms with E-state index < -0.39 is 10.1 Å². The second-order valence-electron chi connectivity index (χ2n) is 6.25. The van der Waals surface area contributed by atoms with E-state index in [1.807, 2.05) is 30.9 Å². The molecule has 1 saturated carbocycles. The largest absolute Gasteiger partial charge is 0.382 e. The molecule has 1 aliphatic rings. The Morgan fingerprint density at radius 1 is 1.35 bits per heavy atom. The summed E-state index contributed by atoms with van der Waals surface area (Å²) in [6.45, 7) is 4.44. The van der Waals surface area contributed by atoms with E-state index in [0.29, 0.717) is 17.9 Å². The lowest BCUT2D eigenvalue weighted by Crippen LogP contribution is -2.43. The SMILES string of the molecule is CCC(C)N(Cc1ccccc1OS(C)(=O)=O)C(=O)C1CCC1. The van der Waals surface area contributed by atoms with Crippen LogP contribution in [0.1, 0.15) is 45.1 Å². The molecule has 1 fully saturated rings. The maximum absolute atomic E-state index is 12.7. The first-order valence-electron chi connectivity index (χ1n) is 8.09. The van der Waals surface area contributed by atoms with E-state index in [-0.39, 0.29) is 17.9 Å². The topological polar surface area (TPSA) is 63.7 Å². The Balaban J connectivity index is 2.23. The molecule has 0 radical (unpaired) electrons. The van der Waals surface area contributed by atoms with Gasteiger partial charge in [0.2, 0.25) is 5.91 Å². The molecular formula is C17H25NO4S. The van der Waals surface area contributed by atoms with Crippen molar-refractivity contribution in [1.82, 2.24) is 4.90 Å². The number of amides is 1. The van der Waals surface area contributed by atoms with Gasteiger partial charge < -0.3 is 9.08 Å². The minimum atomic E-state index is -3.59. The van der Waals surface area contributed by atoms with Crippen molar-refractivity contribution in [3.8, 4) is 5.75 Å². The average molecular weight is 339 g/mol. The molecular weight excluding hydrogens is 314 g/mol. The predicted octanol–water partition coefficient (Wildman–Crippen LogP) is 2.95. The van der Waals surface area contributed by atoms with Gasteiger partial charge in [0.25, 0.3) is 0 Å². The van der Waals surface area contributed by atoms with E-state index in [2.05, 4.69) is 0 Å². The Kier molecular flexibility index (Phi) is 5.68. The minimum absolute atomic E-state index is 0.106. The van der Waals surface area contributed by atoms with Crippen LogP contribution in [0, 0.1) is 5.92 Å². The van der Waals surface area contributed by atoms with Gasteiger partial charge in [0, 0.05) is 24.1 Å². The molecule has 1 aliphatic carbocycles. The lowest BCUT2D eigenvalue weighted by Gasteiger charge is -2.35. The third-order valence-corrected chi connectivity index (χ3v) is 4.90. The molecule has 2 rings (SSSR count). The predicted molar refractivity (Wildman–Crippen MR) is 89.6 cm³/mol. The summed E-state index contributed by atoms with van der Waals surface area (Å²) in [5.74, 6) is 0.580. The highest BCUT2D eigenvalue weighted by molar-refractivity contribution is 7.86. The van der Waals surface area contributed by atoms with Crippen molar-refractivity contribution in [2.24, 2.45) is 5.92 Å². The number of carbonyl (C=O) groups excluding carboxylic acids is 1. The van der Waals surface area contributed by atoms with Crippen LogP contribution >= 0.6 is 0 Å². The smallest absolute Gasteiger partial charge is 0.306 e. The Bertz CT molecular complexity index is 652. The van der Waals surface area contributed by atoms with E-state index in [4.69, 9.17) is 4.18 Å². The van der Waals surface area contributed by atoms with Crippen LogP contribution in [-0.4, -0.2) is 31.5 Å². The summed E-state index contributed by atoms with van der Waals surface area (Å²) in [5.41, 5.74) is 0.714. The maximum atomic E-state index is 12.7. The van der Waals surface area contributed by atoms with Gasteiger partial charge in [-0.15, -0.1) is 0 Å². The van der Waals surface area contributed by atoms with Gasteiger partial charge in [0.05, 0.1) is 6.26 Å². The first-order chi connectivity index (χ1) is 10.8. The quantitative estimate of drug-likeness (QED) is 0.717. The van der Waals surface area contributed by atoms with Crippen LogP contribution in [-0.2, 0) is 21.5 Å². The normalized spacial score (nSPS) is 16.5. The van der Waals surface area contributed by atoms with E-state index in [1.54, 1.807) is 12.1 Å². The van der Waals surface area contributed by atoms with Crippen molar-refractivity contribution in [2.45, 2.75) is 52.1 Å². The van der Waals surface area contributed by atoms with Crippen LogP contribution in [0.15, 0.2) is 24.3 Å². The van der Waals surface area contributed by atoms with Crippen LogP contribution in [0.2, 0.25) is 0 Å². The molecule has 0 bridgehead atoms. The minimum Gasteiger partial charge on any atom is -0.382 e. The van der Waals surface area contributed by atoms with Crippen molar-refractivity contribution in [2.75, 3.05) is 6.26 Å². The van der Waals surface area contributed by atoms with E-state index >= 15 is 0 Å². The first kappa shape index (κ1) is 17.8. The summed E-state index contributed by atoms with van der Waals surface area (Å²) in [6.07, 6.45) is 4.89. The third kappa shape index (κ3) is 4.70. The molecule has 1 aromatic carbocycles. The molecule has 23 heavy (non-hydrogen) atoms. The Morgan fingerprint density at radius 2 is 2.00 bits per heavy atom. The average Bonchev–Trinajstić information content (AvgIpc) is 2.42. The van der Waals surface area contributed by atoms with Crippen molar-refractivity contribution in [1.29, 1.82) is 0 Å². The number of hydrogen-bond acceptors (Lipinski definition) is 4. The summed E-state index contributed by atoms with van der Waals surface area (Å²) >= 11 is 0. The summed E-state index contributed by atoms with van der Waals surface area (Å²) in [4.78, 5) is 14.5. The van der Waals surface area contributed by atoms with Gasteiger partial charge in [0.1, 0.15) is 5.75 Å². The van der Waals surface area contributed by atoms with E-state index in [0.717, 1.165) is 31.9 Å². The van der Waals surface area contributed by atoms with Crippen molar-refractivity contribution < 1.29 is 17.4 Å². The van der Waals surface area contributed by atoms with Gasteiger partial charge in [-0.1, -0.05) is 31.5 Å². The zero-order valence-electron chi connectivity index (χ0n) is 14.0. The second-order valence-corrected chi connectivity index (χ2v) is 7.82. The molecule has 0 saturated heterocycles. The highest BCUT2D eigenvalue weighted by Crippen LogP contribution is 2.31. The van der Waals surface area contributed by atoms with Crippen LogP contribution in [0.25, 0.3) is 0 Å². The molecule has 0 N–H and O–H groups in total.